The van der Waals surface area contributed by atoms with Crippen molar-refractivity contribution in [2.24, 2.45) is 0 Å². The van der Waals surface area contributed by atoms with Crippen LogP contribution in [-0.2, 0) is 11.2 Å². The molecule has 21 heavy (non-hydrogen) atoms. The average molecular weight is 303 g/mol. The van der Waals surface area contributed by atoms with Crippen LogP contribution in [-0.4, -0.2) is 33.5 Å². The van der Waals surface area contributed by atoms with Crippen LogP contribution in [0.25, 0.3) is 10.9 Å². The first kappa shape index (κ1) is 14.7. The zero-order valence-electron chi connectivity index (χ0n) is 10.2. The van der Waals surface area contributed by atoms with Crippen LogP contribution in [0.4, 0.5) is 13.2 Å². The largest absolute Gasteiger partial charge is 0.573 e. The zero-order valence-corrected chi connectivity index (χ0v) is 10.2. The molecule has 0 fully saturated rings. The SMILES string of the molecule is O=C(O)Cc1c(C(=O)O)[nH]c2cc(OC(F)(F)F)ccc12. The molecule has 6 nitrogen and oxygen atoms in total. The number of halogens is 3. The van der Waals surface area contributed by atoms with Gasteiger partial charge >= 0.3 is 18.3 Å². The lowest BCUT2D eigenvalue weighted by atomic mass is 10.1. The number of fused-ring (bicyclic) bond motifs is 1. The van der Waals surface area contributed by atoms with E-state index in [9.17, 15) is 22.8 Å². The van der Waals surface area contributed by atoms with Gasteiger partial charge in [-0.3, -0.25) is 4.79 Å². The number of alkyl halides is 3. The van der Waals surface area contributed by atoms with Crippen molar-refractivity contribution in [1.82, 2.24) is 4.98 Å². The number of rotatable bonds is 4. The number of nitrogens with one attached hydrogen (secondary N) is 1. The molecule has 0 aliphatic heterocycles. The van der Waals surface area contributed by atoms with Crippen LogP contribution < -0.4 is 4.74 Å². The Balaban J connectivity index is 2.54. The summed E-state index contributed by atoms with van der Waals surface area (Å²) in [6.07, 6.45) is -5.44. The molecule has 112 valence electrons. The van der Waals surface area contributed by atoms with Crippen LogP contribution in [0, 0.1) is 0 Å². The average Bonchev–Trinajstić information content (AvgIpc) is 2.64. The molecule has 1 aromatic carbocycles. The van der Waals surface area contributed by atoms with E-state index in [0.29, 0.717) is 0 Å². The third kappa shape index (κ3) is 3.25. The second-order valence-corrected chi connectivity index (χ2v) is 4.11. The fourth-order valence-electron chi connectivity index (χ4n) is 1.95. The minimum atomic E-state index is -4.88. The third-order valence-electron chi connectivity index (χ3n) is 2.65. The summed E-state index contributed by atoms with van der Waals surface area (Å²) in [5, 5.41) is 18.0. The van der Waals surface area contributed by atoms with E-state index >= 15 is 0 Å². The summed E-state index contributed by atoms with van der Waals surface area (Å²) >= 11 is 0. The Morgan fingerprint density at radius 2 is 1.90 bits per heavy atom. The summed E-state index contributed by atoms with van der Waals surface area (Å²) in [5.74, 6) is -3.19. The maximum Gasteiger partial charge on any atom is 0.573 e. The van der Waals surface area contributed by atoms with Crippen molar-refractivity contribution in [1.29, 1.82) is 0 Å². The van der Waals surface area contributed by atoms with Crippen LogP contribution >= 0.6 is 0 Å². The number of aliphatic carboxylic acids is 1. The molecule has 0 spiro atoms. The summed E-state index contributed by atoms with van der Waals surface area (Å²) in [5.41, 5.74) is -0.342. The summed E-state index contributed by atoms with van der Waals surface area (Å²) in [6.45, 7) is 0. The third-order valence-corrected chi connectivity index (χ3v) is 2.65. The van der Waals surface area contributed by atoms with Gasteiger partial charge in [0.25, 0.3) is 0 Å². The van der Waals surface area contributed by atoms with Gasteiger partial charge in [0.1, 0.15) is 11.4 Å². The predicted octanol–water partition coefficient (Wildman–Crippen LogP) is 2.39. The molecule has 9 heteroatoms. The first-order chi connectivity index (χ1) is 9.67. The molecule has 0 aliphatic rings. The number of hydrogen-bond donors (Lipinski definition) is 3. The molecule has 3 N–H and O–H groups in total. The quantitative estimate of drug-likeness (QED) is 0.805. The highest BCUT2D eigenvalue weighted by Crippen LogP contribution is 2.29. The molecule has 0 saturated carbocycles. The fourth-order valence-corrected chi connectivity index (χ4v) is 1.95. The Morgan fingerprint density at radius 3 is 2.43 bits per heavy atom. The number of benzene rings is 1. The Labute approximate surface area is 114 Å². The van der Waals surface area contributed by atoms with Gasteiger partial charge in [-0.05, 0) is 12.1 Å². The predicted molar refractivity (Wildman–Crippen MR) is 63.3 cm³/mol. The van der Waals surface area contributed by atoms with Crippen molar-refractivity contribution in [2.75, 3.05) is 0 Å². The van der Waals surface area contributed by atoms with Crippen LogP contribution in [0.2, 0.25) is 0 Å². The van der Waals surface area contributed by atoms with Gasteiger partial charge in [0.2, 0.25) is 0 Å². The summed E-state index contributed by atoms with van der Waals surface area (Å²) in [4.78, 5) is 24.2. The lowest BCUT2D eigenvalue weighted by molar-refractivity contribution is -0.274. The van der Waals surface area contributed by atoms with E-state index in [1.807, 2.05) is 0 Å². The standard InChI is InChI=1S/C12H8F3NO5/c13-12(14,15)21-5-1-2-6-7(4-9(17)18)10(11(19)20)16-8(6)3-5/h1-3,16H,4H2,(H,17,18)(H,19,20). The number of carboxylic acid groups (broad SMARTS) is 2. The van der Waals surface area contributed by atoms with E-state index < -0.39 is 30.5 Å². The van der Waals surface area contributed by atoms with E-state index in [0.717, 1.165) is 12.1 Å². The number of H-pyrrole nitrogens is 1. The van der Waals surface area contributed by atoms with E-state index in [2.05, 4.69) is 9.72 Å². The summed E-state index contributed by atoms with van der Waals surface area (Å²) in [7, 11) is 0. The molecular formula is C12H8F3NO5. The molecule has 1 aromatic heterocycles. The van der Waals surface area contributed by atoms with Gasteiger partial charge in [0.15, 0.2) is 0 Å². The number of aromatic amines is 1. The number of ether oxygens (including phenoxy) is 1. The van der Waals surface area contributed by atoms with Gasteiger partial charge < -0.3 is 19.9 Å². The molecular weight excluding hydrogens is 295 g/mol. The van der Waals surface area contributed by atoms with Gasteiger partial charge in [-0.25, -0.2) is 4.79 Å². The van der Waals surface area contributed by atoms with Gasteiger partial charge in [0.05, 0.1) is 11.9 Å². The van der Waals surface area contributed by atoms with E-state index in [1.54, 1.807) is 0 Å². The lowest BCUT2D eigenvalue weighted by Gasteiger charge is -2.08. The molecule has 0 unspecified atom stereocenters. The van der Waals surface area contributed by atoms with E-state index in [1.165, 1.54) is 6.07 Å². The molecule has 0 amide bonds. The lowest BCUT2D eigenvalue weighted by Crippen LogP contribution is -2.16. The topological polar surface area (TPSA) is 99.6 Å². The number of carboxylic acids is 2. The second kappa shape index (κ2) is 5.00. The number of carbonyl (C=O) groups is 2. The van der Waals surface area contributed by atoms with Crippen molar-refractivity contribution in [2.45, 2.75) is 12.8 Å². The maximum absolute atomic E-state index is 12.1. The van der Waals surface area contributed by atoms with Crippen molar-refractivity contribution in [3.63, 3.8) is 0 Å². The van der Waals surface area contributed by atoms with Gasteiger partial charge in [-0.1, -0.05) is 0 Å². The number of hydrogen-bond acceptors (Lipinski definition) is 3. The van der Waals surface area contributed by atoms with Crippen LogP contribution in [0.5, 0.6) is 5.75 Å². The van der Waals surface area contributed by atoms with Crippen molar-refractivity contribution < 1.29 is 37.7 Å². The summed E-state index contributed by atoms with van der Waals surface area (Å²) < 4.78 is 40.1. The minimum absolute atomic E-state index is 0.0106. The molecule has 0 bridgehead atoms. The molecule has 2 rings (SSSR count). The number of aromatic carboxylic acids is 1. The monoisotopic (exact) mass is 303 g/mol. The first-order valence-corrected chi connectivity index (χ1v) is 5.53. The van der Waals surface area contributed by atoms with Crippen LogP contribution in [0.3, 0.4) is 0 Å². The fraction of sp³-hybridized carbons (Fsp3) is 0.167. The Kier molecular flexibility index (Phi) is 3.50. The maximum atomic E-state index is 12.1. The minimum Gasteiger partial charge on any atom is -0.481 e. The van der Waals surface area contributed by atoms with Crippen molar-refractivity contribution in [3.05, 3.63) is 29.5 Å². The highest BCUT2D eigenvalue weighted by molar-refractivity contribution is 5.99. The molecule has 0 aliphatic carbocycles. The van der Waals surface area contributed by atoms with Gasteiger partial charge in [-0.2, -0.15) is 0 Å². The highest BCUT2D eigenvalue weighted by atomic mass is 19.4. The smallest absolute Gasteiger partial charge is 0.481 e. The van der Waals surface area contributed by atoms with Crippen LogP contribution in [0.1, 0.15) is 16.1 Å². The highest BCUT2D eigenvalue weighted by Gasteiger charge is 2.31. The Bertz CT molecular complexity index is 719. The molecule has 0 radical (unpaired) electrons. The van der Waals surface area contributed by atoms with E-state index in [-0.39, 0.29) is 22.2 Å². The van der Waals surface area contributed by atoms with Gasteiger partial charge in [-0.15, -0.1) is 13.2 Å². The number of aromatic nitrogens is 1. The molecule has 0 atom stereocenters. The normalized spacial score (nSPS) is 11.6. The summed E-state index contributed by atoms with van der Waals surface area (Å²) in [6, 6.07) is 3.12. The molecule has 1 heterocycles. The molecule has 0 saturated heterocycles. The van der Waals surface area contributed by atoms with Gasteiger partial charge in [0, 0.05) is 17.0 Å². The molecule has 2 aromatic rings. The first-order valence-electron chi connectivity index (χ1n) is 5.53. The van der Waals surface area contributed by atoms with Crippen LogP contribution in [0.15, 0.2) is 18.2 Å². The zero-order chi connectivity index (χ0) is 15.8. The second-order valence-electron chi connectivity index (χ2n) is 4.11. The Hall–Kier alpha value is -2.71. The Morgan fingerprint density at radius 1 is 1.24 bits per heavy atom. The van der Waals surface area contributed by atoms with Crippen molar-refractivity contribution in [3.8, 4) is 5.75 Å². The van der Waals surface area contributed by atoms with E-state index in [4.69, 9.17) is 10.2 Å². The van der Waals surface area contributed by atoms with Crippen molar-refractivity contribution >= 4 is 22.8 Å².